The van der Waals surface area contributed by atoms with Crippen LogP contribution in [0.25, 0.3) is 0 Å². The van der Waals surface area contributed by atoms with Crippen LogP contribution in [0.1, 0.15) is 0 Å². The van der Waals surface area contributed by atoms with Crippen molar-refractivity contribution in [2.75, 3.05) is 6.16 Å². The first-order valence-corrected chi connectivity index (χ1v) is 4.24. The lowest BCUT2D eigenvalue weighted by Crippen LogP contribution is -2.39. The molecule has 0 aliphatic carbocycles. The zero-order valence-electron chi connectivity index (χ0n) is 5.35. The van der Waals surface area contributed by atoms with Gasteiger partial charge in [-0.05, 0) is 0 Å². The zero-order valence-corrected chi connectivity index (χ0v) is 6.24. The third-order valence-corrected chi connectivity index (χ3v) is 1.63. The van der Waals surface area contributed by atoms with Gasteiger partial charge in [0.05, 0.1) is 0 Å². The van der Waals surface area contributed by atoms with Crippen LogP contribution >= 0.6 is 7.60 Å². The topological polar surface area (TPSA) is 57.5 Å². The predicted molar refractivity (Wildman–Crippen MR) is 27.9 cm³/mol. The minimum absolute atomic E-state index is 2.51. The number of alkyl halides is 5. The van der Waals surface area contributed by atoms with Gasteiger partial charge in [0.2, 0.25) is 0 Å². The van der Waals surface area contributed by atoms with Crippen LogP contribution in [0.15, 0.2) is 0 Å². The molecule has 12 heavy (non-hydrogen) atoms. The van der Waals surface area contributed by atoms with Crippen LogP contribution in [-0.2, 0) is 4.57 Å². The van der Waals surface area contributed by atoms with Crippen molar-refractivity contribution in [3.63, 3.8) is 0 Å². The van der Waals surface area contributed by atoms with Crippen LogP contribution in [0.4, 0.5) is 22.0 Å². The minimum atomic E-state index is -5.92. The molecule has 0 unspecified atom stereocenters. The summed E-state index contributed by atoms with van der Waals surface area (Å²) in [5, 5.41) is 0. The molecule has 0 aliphatic rings. The number of hydrogen-bond donors (Lipinski definition) is 2. The maximum absolute atomic E-state index is 11.8. The quantitative estimate of drug-likeness (QED) is 0.539. The third kappa shape index (κ3) is 3.46. The molecule has 0 atom stereocenters. The first kappa shape index (κ1) is 11.8. The molecular weight excluding hydrogens is 210 g/mol. The molecule has 0 aliphatic heterocycles. The van der Waals surface area contributed by atoms with Gasteiger partial charge < -0.3 is 9.79 Å². The van der Waals surface area contributed by atoms with E-state index in [-0.39, 0.29) is 0 Å². The van der Waals surface area contributed by atoms with Crippen molar-refractivity contribution >= 4 is 7.60 Å². The Labute approximate surface area is 63.3 Å². The van der Waals surface area contributed by atoms with Crippen LogP contribution in [-0.4, -0.2) is 28.0 Å². The fourth-order valence-electron chi connectivity index (χ4n) is 0.348. The molecule has 0 aromatic rings. The van der Waals surface area contributed by atoms with E-state index in [2.05, 4.69) is 0 Å². The summed E-state index contributed by atoms with van der Waals surface area (Å²) in [5.41, 5.74) is 0. The van der Waals surface area contributed by atoms with Crippen LogP contribution in [0.3, 0.4) is 0 Å². The van der Waals surface area contributed by atoms with Gasteiger partial charge in [0, 0.05) is 0 Å². The van der Waals surface area contributed by atoms with E-state index in [1.807, 2.05) is 0 Å². The van der Waals surface area contributed by atoms with E-state index < -0.39 is 25.9 Å². The lowest BCUT2D eigenvalue weighted by Gasteiger charge is -2.19. The molecule has 0 bridgehead atoms. The molecule has 3 nitrogen and oxygen atoms in total. The second kappa shape index (κ2) is 2.93. The van der Waals surface area contributed by atoms with E-state index in [1.165, 1.54) is 0 Å². The second-order valence-electron chi connectivity index (χ2n) is 2.03. The Bertz CT molecular complexity index is 204. The number of rotatable bonds is 2. The third-order valence-electron chi connectivity index (χ3n) is 0.819. The molecular formula is C3H4F5O3P. The van der Waals surface area contributed by atoms with Gasteiger partial charge in [0.25, 0.3) is 0 Å². The highest BCUT2D eigenvalue weighted by atomic mass is 31.2. The summed E-state index contributed by atoms with van der Waals surface area (Å²) in [6.45, 7) is 0. The van der Waals surface area contributed by atoms with E-state index in [4.69, 9.17) is 9.79 Å². The lowest BCUT2D eigenvalue weighted by atomic mass is 10.4. The van der Waals surface area contributed by atoms with E-state index in [9.17, 15) is 26.5 Å². The first-order valence-electron chi connectivity index (χ1n) is 2.45. The Balaban J connectivity index is 4.56. The van der Waals surface area contributed by atoms with Gasteiger partial charge in [0.15, 0.2) is 0 Å². The second-order valence-corrected chi connectivity index (χ2v) is 3.67. The molecule has 0 aromatic heterocycles. The average Bonchev–Trinajstić information content (AvgIpc) is 1.52. The Kier molecular flexibility index (Phi) is 2.89. The Morgan fingerprint density at radius 2 is 1.42 bits per heavy atom. The highest BCUT2D eigenvalue weighted by molar-refractivity contribution is 7.51. The summed E-state index contributed by atoms with van der Waals surface area (Å²) in [6, 6.07) is 0. The Hall–Kier alpha value is -0.200. The summed E-state index contributed by atoms with van der Waals surface area (Å²) in [6.07, 6.45) is -8.43. The van der Waals surface area contributed by atoms with E-state index in [0.29, 0.717) is 0 Å². The van der Waals surface area contributed by atoms with Gasteiger partial charge in [-0.1, -0.05) is 0 Å². The van der Waals surface area contributed by atoms with Crippen LogP contribution < -0.4 is 0 Å². The molecule has 0 saturated heterocycles. The van der Waals surface area contributed by atoms with Crippen LogP contribution in [0.5, 0.6) is 0 Å². The fourth-order valence-corrected chi connectivity index (χ4v) is 1.04. The van der Waals surface area contributed by atoms with Gasteiger partial charge in [0.1, 0.15) is 6.16 Å². The summed E-state index contributed by atoms with van der Waals surface area (Å²) in [7, 11) is -5.35. The summed E-state index contributed by atoms with van der Waals surface area (Å²) >= 11 is 0. The number of halogens is 5. The molecule has 0 radical (unpaired) electrons. The highest BCUT2D eigenvalue weighted by Gasteiger charge is 2.60. The molecule has 0 rings (SSSR count). The molecule has 2 N–H and O–H groups in total. The van der Waals surface area contributed by atoms with Crippen molar-refractivity contribution in [1.29, 1.82) is 0 Å². The van der Waals surface area contributed by atoms with Crippen molar-refractivity contribution < 1.29 is 36.3 Å². The van der Waals surface area contributed by atoms with Gasteiger partial charge >= 0.3 is 19.7 Å². The van der Waals surface area contributed by atoms with Crippen molar-refractivity contribution in [2.45, 2.75) is 12.1 Å². The lowest BCUT2D eigenvalue weighted by molar-refractivity contribution is -0.272. The maximum Gasteiger partial charge on any atom is 0.453 e. The van der Waals surface area contributed by atoms with Crippen LogP contribution in [0, 0.1) is 0 Å². The van der Waals surface area contributed by atoms with Crippen molar-refractivity contribution in [3.8, 4) is 0 Å². The zero-order chi connectivity index (χ0) is 10.2. The molecule has 0 aromatic carbocycles. The monoisotopic (exact) mass is 214 g/mol. The Morgan fingerprint density at radius 1 is 1.08 bits per heavy atom. The molecule has 0 heterocycles. The standard InChI is InChI=1S/C3H4F5O3P/c4-2(5,3(6,7)8)1-12(9,10)11/h1H2,(H2,9,10,11). The summed E-state index contributed by atoms with van der Waals surface area (Å²) < 4.78 is 67.2. The molecule has 9 heteroatoms. The highest BCUT2D eigenvalue weighted by Crippen LogP contribution is 2.47. The van der Waals surface area contributed by atoms with Gasteiger partial charge in [-0.25, -0.2) is 0 Å². The molecule has 0 fully saturated rings. The smallest absolute Gasteiger partial charge is 0.324 e. The summed E-state index contributed by atoms with van der Waals surface area (Å²) in [5.74, 6) is -5.34. The van der Waals surface area contributed by atoms with E-state index >= 15 is 0 Å². The molecule has 0 saturated carbocycles. The number of hydrogen-bond acceptors (Lipinski definition) is 1. The Morgan fingerprint density at radius 3 is 1.50 bits per heavy atom. The maximum atomic E-state index is 11.8. The van der Waals surface area contributed by atoms with E-state index in [1.54, 1.807) is 0 Å². The molecule has 0 spiro atoms. The van der Waals surface area contributed by atoms with Gasteiger partial charge in [-0.2, -0.15) is 22.0 Å². The molecule has 0 amide bonds. The first-order chi connectivity index (χ1) is 4.96. The summed E-state index contributed by atoms with van der Waals surface area (Å²) in [4.78, 5) is 15.7. The van der Waals surface area contributed by atoms with Crippen molar-refractivity contribution in [2.24, 2.45) is 0 Å². The van der Waals surface area contributed by atoms with Crippen molar-refractivity contribution in [3.05, 3.63) is 0 Å². The normalized spacial score (nSPS) is 14.9. The van der Waals surface area contributed by atoms with Crippen LogP contribution in [0.2, 0.25) is 0 Å². The SMILES string of the molecule is O=P(O)(O)CC(F)(F)C(F)(F)F. The van der Waals surface area contributed by atoms with E-state index in [0.717, 1.165) is 0 Å². The molecule has 74 valence electrons. The average molecular weight is 214 g/mol. The largest absolute Gasteiger partial charge is 0.453 e. The van der Waals surface area contributed by atoms with Crippen molar-refractivity contribution in [1.82, 2.24) is 0 Å². The van der Waals surface area contributed by atoms with Gasteiger partial charge in [-0.15, -0.1) is 0 Å². The predicted octanol–water partition coefficient (Wildman–Crippen LogP) is 1.36. The fraction of sp³-hybridized carbons (Fsp3) is 1.00. The van der Waals surface area contributed by atoms with Gasteiger partial charge in [-0.3, -0.25) is 4.57 Å². The minimum Gasteiger partial charge on any atom is -0.324 e.